The summed E-state index contributed by atoms with van der Waals surface area (Å²) in [5.41, 5.74) is 2.15. The topological polar surface area (TPSA) is 63.5 Å². The van der Waals surface area contributed by atoms with Gasteiger partial charge in [0.15, 0.2) is 0 Å². The quantitative estimate of drug-likeness (QED) is 0.807. The minimum Gasteiger partial charge on any atom is -0.368 e. The molecule has 2 aromatic rings. The van der Waals surface area contributed by atoms with Crippen LogP contribution in [-0.2, 0) is 35.7 Å². The Bertz CT molecular complexity index is 723. The Morgan fingerprint density at radius 2 is 2.36 bits per heavy atom. The second-order valence-electron chi connectivity index (χ2n) is 6.71. The smallest absolute Gasteiger partial charge is 0.252 e. The lowest BCUT2D eigenvalue weighted by Gasteiger charge is -2.29. The van der Waals surface area contributed by atoms with Gasteiger partial charge in [-0.1, -0.05) is 0 Å². The molecule has 1 amide bonds. The molecule has 2 aromatic heterocycles. The number of carbonyl (C=O) groups excluding carboxylic acids is 1. The first kappa shape index (κ1) is 16.7. The Kier molecular flexibility index (Phi) is 4.82. The van der Waals surface area contributed by atoms with Gasteiger partial charge in [0.1, 0.15) is 11.1 Å². The first-order valence-corrected chi connectivity index (χ1v) is 9.60. The van der Waals surface area contributed by atoms with E-state index in [9.17, 15) is 4.79 Å². The average Bonchev–Trinajstić information content (AvgIpc) is 3.34. The summed E-state index contributed by atoms with van der Waals surface area (Å²) < 4.78 is 7.57. The minimum absolute atomic E-state index is 0.132. The summed E-state index contributed by atoms with van der Waals surface area (Å²) in [6.07, 6.45) is 3.43. The van der Waals surface area contributed by atoms with Crippen LogP contribution in [0.2, 0.25) is 0 Å². The maximum atomic E-state index is 12.5. The van der Waals surface area contributed by atoms with Crippen LogP contribution < -0.4 is 0 Å². The zero-order valence-corrected chi connectivity index (χ0v) is 15.2. The number of hydrogen-bond donors (Lipinski definition) is 0. The van der Waals surface area contributed by atoms with Crippen LogP contribution in [0.15, 0.2) is 17.6 Å². The van der Waals surface area contributed by atoms with Crippen molar-refractivity contribution in [1.82, 2.24) is 24.6 Å². The van der Waals surface area contributed by atoms with Crippen LogP contribution in [-0.4, -0.2) is 56.8 Å². The van der Waals surface area contributed by atoms with Crippen LogP contribution in [0.4, 0.5) is 0 Å². The van der Waals surface area contributed by atoms with E-state index in [1.165, 1.54) is 0 Å². The number of carbonyl (C=O) groups is 1. The standard InChI is InChI=1S/C17H23N5O2S/c1-20(12-16-18-4-8-25-16)10-13-9-14-11-21(5-6-22(14)19-13)17(23)15-3-2-7-24-15/h4,8-9,15H,2-3,5-7,10-12H2,1H3/t15-/m1/s1. The molecule has 0 N–H and O–H groups in total. The SMILES string of the molecule is CN(Cc1cc2n(n1)CCN(C(=O)[C@H]1CCCO1)C2)Cc1nccs1. The number of thiazole rings is 1. The molecule has 8 heteroatoms. The molecule has 0 radical (unpaired) electrons. The highest BCUT2D eigenvalue weighted by Crippen LogP contribution is 2.20. The van der Waals surface area contributed by atoms with Crippen LogP contribution in [0.25, 0.3) is 0 Å². The van der Waals surface area contributed by atoms with Crippen LogP contribution >= 0.6 is 11.3 Å². The zero-order chi connectivity index (χ0) is 17.2. The molecule has 4 rings (SSSR count). The summed E-state index contributed by atoms with van der Waals surface area (Å²) in [4.78, 5) is 21.0. The fourth-order valence-electron chi connectivity index (χ4n) is 3.46. The molecule has 0 aromatic carbocycles. The van der Waals surface area contributed by atoms with Gasteiger partial charge in [-0.15, -0.1) is 11.3 Å². The highest BCUT2D eigenvalue weighted by atomic mass is 32.1. The molecule has 2 aliphatic rings. The second kappa shape index (κ2) is 7.23. The lowest BCUT2D eigenvalue weighted by atomic mass is 10.2. The van der Waals surface area contributed by atoms with Crippen LogP contribution in [0.5, 0.6) is 0 Å². The van der Waals surface area contributed by atoms with Gasteiger partial charge in [-0.2, -0.15) is 5.10 Å². The minimum atomic E-state index is -0.238. The molecule has 25 heavy (non-hydrogen) atoms. The van der Waals surface area contributed by atoms with Gasteiger partial charge in [-0.05, 0) is 26.0 Å². The largest absolute Gasteiger partial charge is 0.368 e. The van der Waals surface area contributed by atoms with Crippen molar-refractivity contribution < 1.29 is 9.53 Å². The summed E-state index contributed by atoms with van der Waals surface area (Å²) >= 11 is 1.67. The van der Waals surface area contributed by atoms with Crippen LogP contribution in [0, 0.1) is 0 Å². The molecule has 0 aliphatic carbocycles. The van der Waals surface area contributed by atoms with Crippen molar-refractivity contribution in [2.75, 3.05) is 20.2 Å². The van der Waals surface area contributed by atoms with E-state index in [1.807, 2.05) is 21.2 Å². The summed E-state index contributed by atoms with van der Waals surface area (Å²) in [7, 11) is 2.08. The van der Waals surface area contributed by atoms with Gasteiger partial charge in [-0.25, -0.2) is 4.98 Å². The maximum Gasteiger partial charge on any atom is 0.252 e. The molecule has 0 spiro atoms. The predicted molar refractivity (Wildman–Crippen MR) is 93.9 cm³/mol. The summed E-state index contributed by atoms with van der Waals surface area (Å²) in [5, 5.41) is 7.81. The third kappa shape index (κ3) is 3.75. The highest BCUT2D eigenvalue weighted by Gasteiger charge is 2.30. The Morgan fingerprint density at radius 3 is 3.12 bits per heavy atom. The molecular formula is C17H23N5O2S. The molecule has 134 valence electrons. The Labute approximate surface area is 151 Å². The molecule has 2 aliphatic heterocycles. The van der Waals surface area contributed by atoms with Crippen molar-refractivity contribution in [3.8, 4) is 0 Å². The number of rotatable bonds is 5. The van der Waals surface area contributed by atoms with Gasteiger partial charge < -0.3 is 9.64 Å². The van der Waals surface area contributed by atoms with Crippen molar-refractivity contribution in [3.05, 3.63) is 34.0 Å². The number of ether oxygens (including phenoxy) is 1. The van der Waals surface area contributed by atoms with Gasteiger partial charge in [-0.3, -0.25) is 14.4 Å². The number of amides is 1. The lowest BCUT2D eigenvalue weighted by Crippen LogP contribution is -2.43. The van der Waals surface area contributed by atoms with Crippen molar-refractivity contribution in [2.24, 2.45) is 0 Å². The van der Waals surface area contributed by atoms with Crippen molar-refractivity contribution in [3.63, 3.8) is 0 Å². The first-order valence-electron chi connectivity index (χ1n) is 8.72. The van der Waals surface area contributed by atoms with Gasteiger partial charge in [0.25, 0.3) is 5.91 Å². The number of hydrogen-bond acceptors (Lipinski definition) is 6. The Balaban J connectivity index is 1.37. The van der Waals surface area contributed by atoms with Crippen molar-refractivity contribution in [2.45, 2.75) is 45.1 Å². The number of aromatic nitrogens is 3. The third-order valence-corrected chi connectivity index (χ3v) is 5.45. The lowest BCUT2D eigenvalue weighted by molar-refractivity contribution is -0.142. The van der Waals surface area contributed by atoms with Crippen LogP contribution in [0.3, 0.4) is 0 Å². The summed E-state index contributed by atoms with van der Waals surface area (Å²) in [5.74, 6) is 0.132. The van der Waals surface area contributed by atoms with Gasteiger partial charge >= 0.3 is 0 Å². The first-order chi connectivity index (χ1) is 12.2. The molecule has 1 fully saturated rings. The van der Waals surface area contributed by atoms with Gasteiger partial charge in [0.05, 0.1) is 31.0 Å². The Hall–Kier alpha value is -1.77. The molecule has 4 heterocycles. The van der Waals surface area contributed by atoms with Crippen molar-refractivity contribution >= 4 is 17.2 Å². The van der Waals surface area contributed by atoms with Crippen LogP contribution in [0.1, 0.15) is 29.2 Å². The number of nitrogens with zero attached hydrogens (tertiary/aromatic N) is 5. The fourth-order valence-corrected chi connectivity index (χ4v) is 4.16. The Morgan fingerprint density at radius 1 is 1.44 bits per heavy atom. The molecule has 0 unspecified atom stereocenters. The third-order valence-electron chi connectivity index (χ3n) is 4.69. The van der Waals surface area contributed by atoms with E-state index in [2.05, 4.69) is 23.0 Å². The highest BCUT2D eigenvalue weighted by molar-refractivity contribution is 7.09. The summed E-state index contributed by atoms with van der Waals surface area (Å²) in [6.45, 7) is 4.40. The normalized spacial score (nSPS) is 20.2. The van der Waals surface area contributed by atoms with E-state index in [0.29, 0.717) is 19.7 Å². The average molecular weight is 361 g/mol. The molecule has 1 saturated heterocycles. The van der Waals surface area contributed by atoms with Crippen molar-refractivity contribution in [1.29, 1.82) is 0 Å². The van der Waals surface area contributed by atoms with E-state index in [0.717, 1.165) is 48.9 Å². The molecule has 0 bridgehead atoms. The van der Waals surface area contributed by atoms with E-state index in [-0.39, 0.29) is 12.0 Å². The summed E-state index contributed by atoms with van der Waals surface area (Å²) in [6, 6.07) is 2.12. The van der Waals surface area contributed by atoms with E-state index < -0.39 is 0 Å². The number of fused-ring (bicyclic) bond motifs is 1. The van der Waals surface area contributed by atoms with E-state index in [1.54, 1.807) is 11.3 Å². The van der Waals surface area contributed by atoms with Gasteiger partial charge in [0.2, 0.25) is 0 Å². The zero-order valence-electron chi connectivity index (χ0n) is 14.4. The molecule has 1 atom stereocenters. The predicted octanol–water partition coefficient (Wildman–Crippen LogP) is 1.49. The molecular weight excluding hydrogens is 338 g/mol. The fraction of sp³-hybridized carbons (Fsp3) is 0.588. The van der Waals surface area contributed by atoms with E-state index in [4.69, 9.17) is 9.84 Å². The maximum absolute atomic E-state index is 12.5. The van der Waals surface area contributed by atoms with E-state index >= 15 is 0 Å². The monoisotopic (exact) mass is 361 g/mol. The molecule has 0 saturated carbocycles. The second-order valence-corrected chi connectivity index (χ2v) is 7.69. The molecule has 7 nitrogen and oxygen atoms in total. The van der Waals surface area contributed by atoms with Gasteiger partial charge in [0, 0.05) is 31.3 Å².